The van der Waals surface area contributed by atoms with Gasteiger partial charge in [-0.3, -0.25) is 9.69 Å². The summed E-state index contributed by atoms with van der Waals surface area (Å²) in [5.41, 5.74) is 1.25. The minimum absolute atomic E-state index is 0.207. The number of hydrogen-bond donors (Lipinski definition) is 1. The van der Waals surface area contributed by atoms with Crippen molar-refractivity contribution in [2.45, 2.75) is 77.4 Å². The van der Waals surface area contributed by atoms with E-state index in [1.165, 1.54) is 24.8 Å². The van der Waals surface area contributed by atoms with Gasteiger partial charge in [-0.15, -0.1) is 0 Å². The van der Waals surface area contributed by atoms with E-state index in [0.717, 1.165) is 67.6 Å². The summed E-state index contributed by atoms with van der Waals surface area (Å²) in [4.78, 5) is 13.7. The fraction of sp³-hybridized carbons (Fsp3) is 0.593. The quantitative estimate of drug-likeness (QED) is 0.482. The van der Waals surface area contributed by atoms with Crippen LogP contribution >= 0.6 is 11.6 Å². The Balaban J connectivity index is 1.52. The van der Waals surface area contributed by atoms with Crippen LogP contribution in [0.15, 0.2) is 30.3 Å². The van der Waals surface area contributed by atoms with Crippen LogP contribution in [0.5, 0.6) is 5.75 Å². The summed E-state index contributed by atoms with van der Waals surface area (Å²) in [7, 11) is 0. The molecular weight excluding hydrogens is 422 g/mol. The number of carbonyl (C=O) groups is 1. The van der Waals surface area contributed by atoms with Crippen molar-refractivity contribution in [2.75, 3.05) is 13.1 Å². The van der Waals surface area contributed by atoms with Gasteiger partial charge < -0.3 is 9.84 Å². The molecule has 2 aromatic rings. The van der Waals surface area contributed by atoms with Crippen LogP contribution in [0.2, 0.25) is 5.02 Å². The first-order chi connectivity index (χ1) is 15.5. The van der Waals surface area contributed by atoms with Crippen LogP contribution in [0.3, 0.4) is 0 Å². The van der Waals surface area contributed by atoms with Gasteiger partial charge in [0, 0.05) is 11.4 Å². The number of hydrogen-bond acceptors (Lipinski definition) is 3. The minimum Gasteiger partial charge on any atom is -0.489 e. The highest BCUT2D eigenvalue weighted by molar-refractivity contribution is 6.37. The molecule has 1 heterocycles. The number of rotatable bonds is 7. The molecule has 1 saturated heterocycles. The van der Waals surface area contributed by atoms with Crippen LogP contribution in [0.4, 0.5) is 0 Å². The lowest BCUT2D eigenvalue weighted by Crippen LogP contribution is -2.38. The van der Waals surface area contributed by atoms with E-state index in [9.17, 15) is 9.90 Å². The first-order valence-electron chi connectivity index (χ1n) is 12.4. The molecule has 174 valence electrons. The molecule has 1 N–H and O–H groups in total. The molecule has 1 atom stereocenters. The normalized spacial score (nSPS) is 23.8. The third kappa shape index (κ3) is 5.07. The van der Waals surface area contributed by atoms with E-state index in [1.807, 2.05) is 6.07 Å². The first kappa shape index (κ1) is 23.4. The summed E-state index contributed by atoms with van der Waals surface area (Å²) in [6, 6.07) is 11.0. The van der Waals surface area contributed by atoms with Crippen LogP contribution in [0, 0.1) is 11.8 Å². The number of fused-ring (bicyclic) bond motifs is 1. The zero-order valence-corrected chi connectivity index (χ0v) is 20.1. The van der Waals surface area contributed by atoms with Crippen molar-refractivity contribution in [2.24, 2.45) is 11.8 Å². The topological polar surface area (TPSA) is 49.8 Å². The summed E-state index contributed by atoms with van der Waals surface area (Å²) in [6.45, 7) is 6.13. The first-order valence-corrected chi connectivity index (χ1v) is 12.7. The van der Waals surface area contributed by atoms with Crippen molar-refractivity contribution in [1.82, 2.24) is 4.90 Å². The van der Waals surface area contributed by atoms with Gasteiger partial charge >= 0.3 is 5.97 Å². The fourth-order valence-corrected chi connectivity index (χ4v) is 5.85. The number of piperidine rings is 1. The van der Waals surface area contributed by atoms with E-state index in [1.54, 1.807) is 0 Å². The van der Waals surface area contributed by atoms with Gasteiger partial charge in [0.25, 0.3) is 0 Å². The highest BCUT2D eigenvalue weighted by Crippen LogP contribution is 2.38. The Hall–Kier alpha value is -1.78. The van der Waals surface area contributed by atoms with E-state index >= 15 is 0 Å². The molecule has 0 amide bonds. The Morgan fingerprint density at radius 2 is 1.78 bits per heavy atom. The maximum Gasteiger partial charge on any atom is 0.306 e. The van der Waals surface area contributed by atoms with Crippen molar-refractivity contribution in [1.29, 1.82) is 0 Å². The van der Waals surface area contributed by atoms with Gasteiger partial charge in [0.2, 0.25) is 0 Å². The summed E-state index contributed by atoms with van der Waals surface area (Å²) in [5.74, 6) is 0.774. The van der Waals surface area contributed by atoms with E-state index in [4.69, 9.17) is 16.3 Å². The lowest BCUT2D eigenvalue weighted by Gasteiger charge is -2.36. The number of nitrogens with zero attached hydrogens (tertiary/aromatic N) is 1. The Kier molecular flexibility index (Phi) is 7.63. The van der Waals surface area contributed by atoms with Crippen LogP contribution < -0.4 is 4.74 Å². The average molecular weight is 458 g/mol. The predicted octanol–water partition coefficient (Wildman–Crippen LogP) is 7.09. The van der Waals surface area contributed by atoms with E-state index in [0.29, 0.717) is 5.02 Å². The summed E-state index contributed by atoms with van der Waals surface area (Å²) in [6.07, 6.45) is 8.65. The van der Waals surface area contributed by atoms with Crippen molar-refractivity contribution in [3.8, 4) is 5.75 Å². The standard InChI is InChI=1S/C27H36ClNO3/c1-3-18-5-10-22(11-6-18)32-25-12-9-19-7-8-21(17-23(19)26(25)28)24(4-2)29-15-13-20(14-16-29)27(30)31/h7-9,12,17-18,20,22,24H,3-6,10-11,13-16H2,1-2H3,(H,30,31)/t18-,22+,24?. The molecule has 1 aliphatic carbocycles. The fourth-order valence-electron chi connectivity index (χ4n) is 5.58. The molecule has 0 bridgehead atoms. The molecule has 1 unspecified atom stereocenters. The molecule has 1 aliphatic heterocycles. The zero-order chi connectivity index (χ0) is 22.7. The molecule has 2 aromatic carbocycles. The second kappa shape index (κ2) is 10.4. The van der Waals surface area contributed by atoms with Crippen LogP contribution in [0.25, 0.3) is 10.8 Å². The molecular formula is C27H36ClNO3. The third-order valence-electron chi connectivity index (χ3n) is 7.70. The third-order valence-corrected chi connectivity index (χ3v) is 8.09. The van der Waals surface area contributed by atoms with Gasteiger partial charge in [-0.05, 0) is 87.0 Å². The second-order valence-electron chi connectivity index (χ2n) is 9.60. The van der Waals surface area contributed by atoms with Gasteiger partial charge in [0.15, 0.2) is 0 Å². The molecule has 2 aliphatic rings. The molecule has 5 heteroatoms. The van der Waals surface area contributed by atoms with Crippen LogP contribution in [-0.2, 0) is 4.79 Å². The number of carboxylic acids is 1. The highest BCUT2D eigenvalue weighted by Gasteiger charge is 2.29. The summed E-state index contributed by atoms with van der Waals surface area (Å²) in [5, 5.41) is 12.2. The number of carboxylic acid groups (broad SMARTS) is 1. The van der Waals surface area contributed by atoms with E-state index < -0.39 is 5.97 Å². The second-order valence-corrected chi connectivity index (χ2v) is 9.98. The van der Waals surface area contributed by atoms with Crippen molar-refractivity contribution in [3.05, 3.63) is 40.9 Å². The van der Waals surface area contributed by atoms with Crippen LogP contribution in [0.1, 0.15) is 76.8 Å². The molecule has 0 spiro atoms. The maximum absolute atomic E-state index is 11.3. The number of ether oxygens (including phenoxy) is 1. The number of benzene rings is 2. The maximum atomic E-state index is 11.3. The lowest BCUT2D eigenvalue weighted by molar-refractivity contribution is -0.143. The number of aliphatic carboxylic acids is 1. The van der Waals surface area contributed by atoms with E-state index in [-0.39, 0.29) is 18.1 Å². The number of halogens is 1. The molecule has 1 saturated carbocycles. The Labute approximate surface area is 196 Å². The Bertz CT molecular complexity index is 930. The molecule has 4 nitrogen and oxygen atoms in total. The van der Waals surface area contributed by atoms with Gasteiger partial charge in [-0.2, -0.15) is 0 Å². The minimum atomic E-state index is -0.661. The molecule has 0 aromatic heterocycles. The zero-order valence-electron chi connectivity index (χ0n) is 19.4. The van der Waals surface area contributed by atoms with Crippen molar-refractivity contribution >= 4 is 28.3 Å². The van der Waals surface area contributed by atoms with Crippen molar-refractivity contribution < 1.29 is 14.6 Å². The smallest absolute Gasteiger partial charge is 0.306 e. The molecule has 4 rings (SSSR count). The Morgan fingerprint density at radius 1 is 1.09 bits per heavy atom. The molecule has 32 heavy (non-hydrogen) atoms. The van der Waals surface area contributed by atoms with Gasteiger partial charge in [0.1, 0.15) is 5.75 Å². The SMILES string of the molecule is CCC(c1ccc2ccc(O[C@H]3CC[C@@H](CC)CC3)c(Cl)c2c1)N1CCC(C(=O)O)CC1. The van der Waals surface area contributed by atoms with Crippen LogP contribution in [-0.4, -0.2) is 35.2 Å². The van der Waals surface area contributed by atoms with Gasteiger partial charge in [-0.25, -0.2) is 0 Å². The van der Waals surface area contributed by atoms with Gasteiger partial charge in [0.05, 0.1) is 17.0 Å². The highest BCUT2D eigenvalue weighted by atomic mass is 35.5. The average Bonchev–Trinajstić information content (AvgIpc) is 2.82. The molecule has 0 radical (unpaired) electrons. The van der Waals surface area contributed by atoms with E-state index in [2.05, 4.69) is 43.0 Å². The molecule has 2 fully saturated rings. The largest absolute Gasteiger partial charge is 0.489 e. The van der Waals surface area contributed by atoms with Crippen molar-refractivity contribution in [3.63, 3.8) is 0 Å². The summed E-state index contributed by atoms with van der Waals surface area (Å²) < 4.78 is 6.37. The monoisotopic (exact) mass is 457 g/mol. The number of likely N-dealkylation sites (tertiary alicyclic amines) is 1. The summed E-state index contributed by atoms with van der Waals surface area (Å²) >= 11 is 6.87. The predicted molar refractivity (Wildman–Crippen MR) is 131 cm³/mol. The van der Waals surface area contributed by atoms with Gasteiger partial charge in [-0.1, -0.05) is 50.1 Å². The Morgan fingerprint density at radius 3 is 2.41 bits per heavy atom. The lowest BCUT2D eigenvalue weighted by atomic mass is 9.86.